The first kappa shape index (κ1) is 22.6. The molecule has 0 aromatic heterocycles. The number of hydrogen-bond acceptors (Lipinski definition) is 2. The number of benzene rings is 2. The van der Waals surface area contributed by atoms with Gasteiger partial charge in [-0.25, -0.2) is 0 Å². The summed E-state index contributed by atoms with van der Waals surface area (Å²) in [4.78, 5) is 22.0. The third kappa shape index (κ3) is 7.83. The molecular weight excluding hydrogens is 418 g/mol. The largest absolute Gasteiger partial charge is 0.326 e. The highest BCUT2D eigenvalue weighted by atomic mass is 35.5. The van der Waals surface area contributed by atoms with Gasteiger partial charge in [-0.15, -0.1) is 0 Å². The van der Waals surface area contributed by atoms with Gasteiger partial charge in [-0.05, 0) is 36.4 Å². The van der Waals surface area contributed by atoms with E-state index in [1.807, 2.05) is 0 Å². The van der Waals surface area contributed by atoms with E-state index in [9.17, 15) is 9.59 Å². The van der Waals surface area contributed by atoms with E-state index < -0.39 is 0 Å². The smallest absolute Gasteiger partial charge is 0.224 e. The molecule has 0 radical (unpaired) electrons. The predicted octanol–water partition coefficient (Wildman–Crippen LogP) is 6.68. The lowest BCUT2D eigenvalue weighted by atomic mass is 10.3. The molecule has 8 heteroatoms. The first-order chi connectivity index (χ1) is 12.3. The minimum absolute atomic E-state index is 0.0432. The second-order valence-electron chi connectivity index (χ2n) is 5.06. The summed E-state index contributed by atoms with van der Waals surface area (Å²) in [7, 11) is 0. The molecule has 0 fully saturated rings. The van der Waals surface area contributed by atoms with Crippen LogP contribution in [-0.2, 0) is 9.59 Å². The summed E-state index contributed by atoms with van der Waals surface area (Å²) in [6.45, 7) is 3.57. The molecule has 26 heavy (non-hydrogen) atoms. The third-order valence-corrected chi connectivity index (χ3v) is 4.53. The maximum Gasteiger partial charge on any atom is 0.224 e. The molecule has 0 saturated heterocycles. The number of carbonyl (C=O) groups is 2. The van der Waals surface area contributed by atoms with Gasteiger partial charge in [0.1, 0.15) is 0 Å². The van der Waals surface area contributed by atoms with Gasteiger partial charge in [0.2, 0.25) is 11.8 Å². The van der Waals surface area contributed by atoms with Gasteiger partial charge < -0.3 is 10.6 Å². The molecule has 0 heterocycles. The van der Waals surface area contributed by atoms with Crippen molar-refractivity contribution >= 4 is 69.6 Å². The quantitative estimate of drug-likeness (QED) is 0.562. The molecule has 0 spiro atoms. The van der Waals surface area contributed by atoms with Crippen molar-refractivity contribution < 1.29 is 9.59 Å². The Morgan fingerprint density at radius 1 is 0.692 bits per heavy atom. The lowest BCUT2D eigenvalue weighted by Gasteiger charge is -2.04. The van der Waals surface area contributed by atoms with Crippen LogP contribution >= 0.6 is 46.4 Å². The average Bonchev–Trinajstić information content (AvgIpc) is 2.61. The number of amides is 2. The van der Waals surface area contributed by atoms with Crippen molar-refractivity contribution in [3.8, 4) is 0 Å². The van der Waals surface area contributed by atoms with Crippen LogP contribution < -0.4 is 10.6 Å². The number of nitrogens with one attached hydrogen (secondary N) is 2. The van der Waals surface area contributed by atoms with Crippen molar-refractivity contribution in [3.05, 3.63) is 56.5 Å². The fraction of sp³-hybridized carbons (Fsp3) is 0.222. The highest BCUT2D eigenvalue weighted by Crippen LogP contribution is 2.25. The molecule has 0 unspecified atom stereocenters. The van der Waals surface area contributed by atoms with Crippen LogP contribution in [0.3, 0.4) is 0 Å². The van der Waals surface area contributed by atoms with Gasteiger partial charge in [-0.3, -0.25) is 9.59 Å². The van der Waals surface area contributed by atoms with Crippen molar-refractivity contribution in [2.24, 2.45) is 0 Å². The zero-order chi connectivity index (χ0) is 19.7. The van der Waals surface area contributed by atoms with Crippen LogP contribution in [0.5, 0.6) is 0 Å². The van der Waals surface area contributed by atoms with Crippen molar-refractivity contribution in [3.63, 3.8) is 0 Å². The zero-order valence-corrected chi connectivity index (χ0v) is 17.2. The summed E-state index contributed by atoms with van der Waals surface area (Å²) in [6, 6.07) is 9.96. The van der Waals surface area contributed by atoms with Crippen LogP contribution in [0.1, 0.15) is 26.7 Å². The Hall–Kier alpha value is -1.46. The Balaban J connectivity index is 0.000000260. The molecule has 0 saturated carbocycles. The van der Waals surface area contributed by atoms with Gasteiger partial charge in [-0.1, -0.05) is 60.3 Å². The summed E-state index contributed by atoms with van der Waals surface area (Å²) in [5.74, 6) is -0.0863. The SMILES string of the molecule is CCC(=O)Nc1ccc(Cl)c(Cl)c1.CCC(=O)Nc1ccc(Cl)c(Cl)c1. The fourth-order valence-corrected chi connectivity index (χ4v) is 2.24. The van der Waals surface area contributed by atoms with Gasteiger partial charge >= 0.3 is 0 Å². The lowest BCUT2D eigenvalue weighted by molar-refractivity contribution is -0.116. The van der Waals surface area contributed by atoms with Crippen LogP contribution in [0.25, 0.3) is 0 Å². The Morgan fingerprint density at radius 3 is 1.31 bits per heavy atom. The molecule has 2 amide bonds. The van der Waals surface area contributed by atoms with Crippen LogP contribution in [0.15, 0.2) is 36.4 Å². The van der Waals surface area contributed by atoms with Crippen molar-refractivity contribution in [2.45, 2.75) is 26.7 Å². The first-order valence-corrected chi connectivity index (χ1v) is 9.27. The summed E-state index contributed by atoms with van der Waals surface area (Å²) >= 11 is 22.9. The monoisotopic (exact) mass is 434 g/mol. The third-order valence-electron chi connectivity index (χ3n) is 3.05. The molecular formula is C18H18Cl4N2O2. The van der Waals surface area contributed by atoms with Gasteiger partial charge in [0.15, 0.2) is 0 Å². The van der Waals surface area contributed by atoms with E-state index in [-0.39, 0.29) is 11.8 Å². The highest BCUT2D eigenvalue weighted by Gasteiger charge is 2.02. The van der Waals surface area contributed by atoms with E-state index in [0.717, 1.165) is 0 Å². The number of rotatable bonds is 4. The van der Waals surface area contributed by atoms with E-state index >= 15 is 0 Å². The van der Waals surface area contributed by atoms with E-state index in [4.69, 9.17) is 46.4 Å². The minimum atomic E-state index is -0.0432. The highest BCUT2D eigenvalue weighted by molar-refractivity contribution is 6.42. The van der Waals surface area contributed by atoms with Crippen LogP contribution in [0, 0.1) is 0 Å². The Labute approximate surface area is 172 Å². The van der Waals surface area contributed by atoms with E-state index in [1.54, 1.807) is 50.2 Å². The second-order valence-corrected chi connectivity index (χ2v) is 6.69. The molecule has 0 aliphatic carbocycles. The molecule has 2 aromatic rings. The first-order valence-electron chi connectivity index (χ1n) is 7.76. The number of halogens is 4. The zero-order valence-electron chi connectivity index (χ0n) is 14.2. The molecule has 2 aromatic carbocycles. The van der Waals surface area contributed by atoms with Crippen molar-refractivity contribution in [1.82, 2.24) is 0 Å². The molecule has 0 atom stereocenters. The van der Waals surface area contributed by atoms with Crippen molar-refractivity contribution in [1.29, 1.82) is 0 Å². The number of anilines is 2. The molecule has 0 aliphatic heterocycles. The number of hydrogen-bond donors (Lipinski definition) is 2. The van der Waals surface area contributed by atoms with E-state index in [1.165, 1.54) is 0 Å². The second kappa shape index (κ2) is 11.3. The van der Waals surface area contributed by atoms with E-state index in [2.05, 4.69) is 10.6 Å². The average molecular weight is 436 g/mol. The molecule has 4 nitrogen and oxygen atoms in total. The summed E-state index contributed by atoms with van der Waals surface area (Å²) in [5.41, 5.74) is 1.34. The standard InChI is InChI=1S/2C9H9Cl2NO/c2*1-2-9(13)12-6-3-4-7(10)8(11)5-6/h2*3-5H,2H2,1H3,(H,12,13). The van der Waals surface area contributed by atoms with Gasteiger partial charge in [0.05, 0.1) is 20.1 Å². The Kier molecular flexibility index (Phi) is 9.81. The van der Waals surface area contributed by atoms with Crippen LogP contribution in [0.2, 0.25) is 20.1 Å². The number of carbonyl (C=O) groups excluding carboxylic acids is 2. The fourth-order valence-electron chi connectivity index (χ4n) is 1.65. The van der Waals surface area contributed by atoms with Crippen molar-refractivity contribution in [2.75, 3.05) is 10.6 Å². The van der Waals surface area contributed by atoms with Crippen LogP contribution in [-0.4, -0.2) is 11.8 Å². The maximum absolute atomic E-state index is 11.0. The molecule has 140 valence electrons. The Bertz CT molecular complexity index is 716. The van der Waals surface area contributed by atoms with Gasteiger partial charge in [0, 0.05) is 24.2 Å². The molecule has 2 N–H and O–H groups in total. The summed E-state index contributed by atoms with van der Waals surface area (Å²) in [6.07, 6.45) is 0.889. The normalized spacial score (nSPS) is 9.77. The van der Waals surface area contributed by atoms with Crippen LogP contribution in [0.4, 0.5) is 11.4 Å². The lowest BCUT2D eigenvalue weighted by Crippen LogP contribution is -2.09. The van der Waals surface area contributed by atoms with Gasteiger partial charge in [0.25, 0.3) is 0 Å². The summed E-state index contributed by atoms with van der Waals surface area (Å²) in [5, 5.41) is 7.20. The Morgan fingerprint density at radius 2 is 1.04 bits per heavy atom. The molecule has 2 rings (SSSR count). The van der Waals surface area contributed by atoms with E-state index in [0.29, 0.717) is 44.3 Å². The summed E-state index contributed by atoms with van der Waals surface area (Å²) < 4.78 is 0. The maximum atomic E-state index is 11.0. The molecule has 0 aliphatic rings. The molecule has 0 bridgehead atoms. The minimum Gasteiger partial charge on any atom is -0.326 e. The topological polar surface area (TPSA) is 58.2 Å². The van der Waals surface area contributed by atoms with Gasteiger partial charge in [-0.2, -0.15) is 0 Å². The predicted molar refractivity (Wildman–Crippen MR) is 111 cm³/mol.